The van der Waals surface area contributed by atoms with Crippen LogP contribution in [0, 0.1) is 17.0 Å². The van der Waals surface area contributed by atoms with Gasteiger partial charge in [-0.1, -0.05) is 22.9 Å². The van der Waals surface area contributed by atoms with Crippen molar-refractivity contribution in [1.82, 2.24) is 9.47 Å². The number of nitrogens with zero attached hydrogens (tertiary/aromatic N) is 3. The first-order valence-electron chi connectivity index (χ1n) is 6.61. The zero-order valence-electron chi connectivity index (χ0n) is 12.5. The van der Waals surface area contributed by atoms with Gasteiger partial charge >= 0.3 is 4.87 Å². The number of carbonyl (C=O) groups is 1. The molecule has 0 bridgehead atoms. The van der Waals surface area contributed by atoms with Crippen molar-refractivity contribution in [3.05, 3.63) is 59.6 Å². The van der Waals surface area contributed by atoms with E-state index in [1.165, 1.54) is 27.7 Å². The highest BCUT2D eigenvalue weighted by Crippen LogP contribution is 2.23. The average Bonchev–Trinajstić information content (AvgIpc) is 2.80. The van der Waals surface area contributed by atoms with Gasteiger partial charge in [0.05, 0.1) is 4.92 Å². The van der Waals surface area contributed by atoms with Gasteiger partial charge in [0, 0.05) is 41.8 Å². The van der Waals surface area contributed by atoms with Crippen molar-refractivity contribution >= 4 is 34.5 Å². The zero-order chi connectivity index (χ0) is 17.1. The van der Waals surface area contributed by atoms with Crippen LogP contribution in [0.25, 0.3) is 0 Å². The number of rotatable bonds is 5. The van der Waals surface area contributed by atoms with Crippen LogP contribution in [-0.4, -0.2) is 27.3 Å². The fourth-order valence-electron chi connectivity index (χ4n) is 1.99. The van der Waals surface area contributed by atoms with E-state index in [1.54, 1.807) is 19.4 Å². The van der Waals surface area contributed by atoms with Gasteiger partial charge in [0.15, 0.2) is 0 Å². The highest BCUT2D eigenvalue weighted by Gasteiger charge is 2.16. The monoisotopic (exact) mass is 355 g/mol. The van der Waals surface area contributed by atoms with Crippen molar-refractivity contribution < 1.29 is 9.72 Å². The number of non-ortho nitro benzene ring substituents is 1. The lowest BCUT2D eigenvalue weighted by Crippen LogP contribution is -2.32. The minimum absolute atomic E-state index is 0.0722. The number of nitro groups is 1. The van der Waals surface area contributed by atoms with Crippen LogP contribution in [0.15, 0.2) is 28.4 Å². The summed E-state index contributed by atoms with van der Waals surface area (Å²) in [4.78, 5) is 35.4. The van der Waals surface area contributed by atoms with Gasteiger partial charge < -0.3 is 4.90 Å². The first-order valence-corrected chi connectivity index (χ1v) is 7.87. The minimum atomic E-state index is -0.518. The Hall–Kier alpha value is -2.19. The molecule has 0 spiro atoms. The molecule has 122 valence electrons. The van der Waals surface area contributed by atoms with Crippen LogP contribution in [0.3, 0.4) is 0 Å². The molecule has 9 heteroatoms. The van der Waals surface area contributed by atoms with Crippen LogP contribution in [0.1, 0.15) is 11.3 Å². The summed E-state index contributed by atoms with van der Waals surface area (Å²) >= 11 is 7.07. The first kappa shape index (κ1) is 17.2. The summed E-state index contributed by atoms with van der Waals surface area (Å²) in [6.07, 6.45) is 0. The highest BCUT2D eigenvalue weighted by molar-refractivity contribution is 7.07. The Kier molecular flexibility index (Phi) is 5.17. The topological polar surface area (TPSA) is 85.5 Å². The molecule has 2 rings (SSSR count). The molecule has 0 aliphatic rings. The van der Waals surface area contributed by atoms with Gasteiger partial charge in [-0.3, -0.25) is 24.3 Å². The van der Waals surface area contributed by atoms with E-state index in [0.717, 1.165) is 17.0 Å². The largest absolute Gasteiger partial charge is 0.340 e. The van der Waals surface area contributed by atoms with Crippen LogP contribution in [-0.2, 0) is 17.9 Å². The molecule has 1 heterocycles. The predicted octanol–water partition coefficient (Wildman–Crippen LogP) is 2.44. The highest BCUT2D eigenvalue weighted by atomic mass is 35.5. The molecular weight excluding hydrogens is 342 g/mol. The molecule has 0 aliphatic heterocycles. The lowest BCUT2D eigenvalue weighted by molar-refractivity contribution is -0.384. The Morgan fingerprint density at radius 1 is 1.48 bits per heavy atom. The Labute approximate surface area is 140 Å². The van der Waals surface area contributed by atoms with Crippen molar-refractivity contribution in [3.8, 4) is 0 Å². The molecule has 0 radical (unpaired) electrons. The van der Waals surface area contributed by atoms with Crippen LogP contribution in [0.5, 0.6) is 0 Å². The van der Waals surface area contributed by atoms with Crippen LogP contribution >= 0.6 is 22.9 Å². The lowest BCUT2D eigenvalue weighted by Gasteiger charge is -2.18. The van der Waals surface area contributed by atoms with Crippen molar-refractivity contribution in [2.24, 2.45) is 0 Å². The Bertz CT molecular complexity index is 815. The van der Waals surface area contributed by atoms with Crippen LogP contribution < -0.4 is 4.87 Å². The molecule has 0 saturated heterocycles. The quantitative estimate of drug-likeness (QED) is 0.609. The third-order valence-corrected chi connectivity index (χ3v) is 4.59. The molecule has 23 heavy (non-hydrogen) atoms. The van der Waals surface area contributed by atoms with E-state index in [0.29, 0.717) is 10.6 Å². The van der Waals surface area contributed by atoms with Gasteiger partial charge in [-0.25, -0.2) is 0 Å². The maximum atomic E-state index is 12.2. The molecule has 0 fully saturated rings. The third-order valence-electron chi connectivity index (χ3n) is 3.34. The van der Waals surface area contributed by atoms with Crippen molar-refractivity contribution in [2.45, 2.75) is 20.0 Å². The van der Waals surface area contributed by atoms with Gasteiger partial charge in [-0.2, -0.15) is 0 Å². The minimum Gasteiger partial charge on any atom is -0.340 e. The molecule has 0 saturated carbocycles. The van der Waals surface area contributed by atoms with E-state index in [-0.39, 0.29) is 29.6 Å². The van der Waals surface area contributed by atoms with Gasteiger partial charge in [0.2, 0.25) is 5.91 Å². The number of hydrogen-bond acceptors (Lipinski definition) is 5. The number of nitro benzene ring substituents is 1. The second-order valence-electron chi connectivity index (χ2n) is 5.01. The molecule has 7 nitrogen and oxygen atoms in total. The first-order chi connectivity index (χ1) is 10.8. The maximum Gasteiger partial charge on any atom is 0.307 e. The van der Waals surface area contributed by atoms with E-state index in [4.69, 9.17) is 11.6 Å². The van der Waals surface area contributed by atoms with E-state index >= 15 is 0 Å². The summed E-state index contributed by atoms with van der Waals surface area (Å²) in [6.45, 7) is 1.80. The van der Waals surface area contributed by atoms with Crippen molar-refractivity contribution in [1.29, 1.82) is 0 Å². The van der Waals surface area contributed by atoms with E-state index in [2.05, 4.69) is 0 Å². The van der Waals surface area contributed by atoms with E-state index in [9.17, 15) is 19.7 Å². The van der Waals surface area contributed by atoms with Crippen LogP contribution in [0.2, 0.25) is 5.02 Å². The summed E-state index contributed by atoms with van der Waals surface area (Å²) in [5, 5.41) is 12.8. The molecule has 1 aromatic heterocycles. The van der Waals surface area contributed by atoms with Gasteiger partial charge in [0.1, 0.15) is 6.54 Å². The normalized spacial score (nSPS) is 10.6. The Balaban J connectivity index is 2.14. The number of likely N-dealkylation sites (N-methyl/N-ethyl adjacent to an activating group) is 1. The molecular formula is C14H14ClN3O4S. The number of benzene rings is 1. The van der Waals surface area contributed by atoms with Crippen LogP contribution in [0.4, 0.5) is 5.69 Å². The summed E-state index contributed by atoms with van der Waals surface area (Å²) in [5.74, 6) is -0.281. The van der Waals surface area contributed by atoms with Gasteiger partial charge in [-0.05, 0) is 18.6 Å². The number of halogens is 1. The predicted molar refractivity (Wildman–Crippen MR) is 87.9 cm³/mol. The number of hydrogen-bond donors (Lipinski definition) is 0. The maximum absolute atomic E-state index is 12.2. The summed E-state index contributed by atoms with van der Waals surface area (Å²) in [6, 6.07) is 4.08. The SMILES string of the molecule is Cc1csc(=O)n1CC(=O)N(C)Cc1cc([N+](=O)[O-])ccc1Cl. The molecule has 0 unspecified atom stereocenters. The number of aryl methyl sites for hydroxylation is 1. The van der Waals surface area contributed by atoms with Crippen molar-refractivity contribution in [2.75, 3.05) is 7.05 Å². The second kappa shape index (κ2) is 6.93. The van der Waals surface area contributed by atoms with Gasteiger partial charge in [0.25, 0.3) is 5.69 Å². The smallest absolute Gasteiger partial charge is 0.307 e. The summed E-state index contributed by atoms with van der Waals surface area (Å²) in [7, 11) is 1.56. The standard InChI is InChI=1S/C14H14ClN3O4S/c1-9-8-23-14(20)17(9)7-13(19)16(2)6-10-5-11(18(21)22)3-4-12(10)15/h3-5,8H,6-7H2,1-2H3. The fraction of sp³-hybridized carbons (Fsp3) is 0.286. The number of amides is 1. The number of aromatic nitrogens is 1. The molecule has 0 aliphatic carbocycles. The molecule has 2 aromatic rings. The van der Waals surface area contributed by atoms with E-state index < -0.39 is 4.92 Å². The Morgan fingerprint density at radius 2 is 2.17 bits per heavy atom. The molecule has 0 N–H and O–H groups in total. The summed E-state index contributed by atoms with van der Waals surface area (Å²) in [5.41, 5.74) is 1.11. The Morgan fingerprint density at radius 3 is 2.74 bits per heavy atom. The number of carbonyl (C=O) groups excluding carboxylic acids is 1. The average molecular weight is 356 g/mol. The second-order valence-corrected chi connectivity index (χ2v) is 6.24. The van der Waals surface area contributed by atoms with E-state index in [1.807, 2.05) is 0 Å². The molecule has 1 aromatic carbocycles. The third kappa shape index (κ3) is 3.96. The summed E-state index contributed by atoms with van der Waals surface area (Å²) < 4.78 is 1.39. The number of thiazole rings is 1. The lowest BCUT2D eigenvalue weighted by atomic mass is 10.2. The van der Waals surface area contributed by atoms with Crippen molar-refractivity contribution in [3.63, 3.8) is 0 Å². The molecule has 0 atom stereocenters. The fourth-order valence-corrected chi connectivity index (χ4v) is 2.90. The van der Waals surface area contributed by atoms with Gasteiger partial charge in [-0.15, -0.1) is 0 Å². The molecule has 1 amide bonds. The zero-order valence-corrected chi connectivity index (χ0v) is 14.1.